The standard InChI is InChI=1S/C13H17BrN2O2/c1-8(2)16(7-9-3-4-9)12-11(13(17)18)5-10(14)6-15-12/h5-6,8-9H,3-4,7H2,1-2H3,(H,17,18). The molecule has 0 saturated heterocycles. The van der Waals surface area contributed by atoms with Crippen molar-refractivity contribution in [3.8, 4) is 0 Å². The van der Waals surface area contributed by atoms with Gasteiger partial charge in [-0.25, -0.2) is 9.78 Å². The van der Waals surface area contributed by atoms with Gasteiger partial charge in [0.2, 0.25) is 0 Å². The molecule has 4 nitrogen and oxygen atoms in total. The zero-order valence-corrected chi connectivity index (χ0v) is 12.1. The zero-order chi connectivity index (χ0) is 13.3. The quantitative estimate of drug-likeness (QED) is 0.907. The van der Waals surface area contributed by atoms with Gasteiger partial charge in [0, 0.05) is 23.3 Å². The summed E-state index contributed by atoms with van der Waals surface area (Å²) in [5.41, 5.74) is 0.263. The molecule has 0 atom stereocenters. The summed E-state index contributed by atoms with van der Waals surface area (Å²) in [6, 6.07) is 1.87. The molecule has 0 amide bonds. The number of hydrogen-bond donors (Lipinski definition) is 1. The number of aromatic carboxylic acids is 1. The van der Waals surface area contributed by atoms with Gasteiger partial charge >= 0.3 is 5.97 Å². The van der Waals surface area contributed by atoms with Gasteiger partial charge in [0.1, 0.15) is 11.4 Å². The Morgan fingerprint density at radius 3 is 2.78 bits per heavy atom. The van der Waals surface area contributed by atoms with Gasteiger partial charge in [-0.3, -0.25) is 0 Å². The first-order valence-electron chi connectivity index (χ1n) is 6.14. The van der Waals surface area contributed by atoms with Gasteiger partial charge in [-0.1, -0.05) is 0 Å². The van der Waals surface area contributed by atoms with Crippen molar-refractivity contribution >= 4 is 27.7 Å². The summed E-state index contributed by atoms with van der Waals surface area (Å²) in [4.78, 5) is 17.7. The second kappa shape index (κ2) is 5.26. The molecule has 98 valence electrons. The van der Waals surface area contributed by atoms with E-state index in [0.29, 0.717) is 16.2 Å². The van der Waals surface area contributed by atoms with Crippen molar-refractivity contribution in [2.75, 3.05) is 11.4 Å². The maximum Gasteiger partial charge on any atom is 0.339 e. The molecule has 0 aromatic carbocycles. The molecule has 0 bridgehead atoms. The fourth-order valence-electron chi connectivity index (χ4n) is 1.94. The minimum absolute atomic E-state index is 0.248. The van der Waals surface area contributed by atoms with Crippen molar-refractivity contribution < 1.29 is 9.90 Å². The molecule has 1 fully saturated rings. The number of carboxylic acids is 1. The Labute approximate surface area is 115 Å². The van der Waals surface area contributed by atoms with E-state index in [-0.39, 0.29) is 11.6 Å². The molecule has 5 heteroatoms. The van der Waals surface area contributed by atoms with Gasteiger partial charge in [-0.15, -0.1) is 0 Å². The van der Waals surface area contributed by atoms with Crippen LogP contribution in [0.1, 0.15) is 37.0 Å². The van der Waals surface area contributed by atoms with Crippen molar-refractivity contribution in [1.29, 1.82) is 0 Å². The van der Waals surface area contributed by atoms with E-state index in [4.69, 9.17) is 0 Å². The summed E-state index contributed by atoms with van der Waals surface area (Å²) in [6.07, 6.45) is 4.13. The van der Waals surface area contributed by atoms with Crippen LogP contribution in [0, 0.1) is 5.92 Å². The molecular formula is C13H17BrN2O2. The molecule has 1 aliphatic rings. The number of aromatic nitrogens is 1. The second-order valence-electron chi connectivity index (χ2n) is 5.02. The fourth-order valence-corrected chi connectivity index (χ4v) is 2.27. The highest BCUT2D eigenvalue weighted by atomic mass is 79.9. The molecule has 2 rings (SSSR count). The van der Waals surface area contributed by atoms with Crippen LogP contribution >= 0.6 is 15.9 Å². The Morgan fingerprint density at radius 1 is 1.61 bits per heavy atom. The Morgan fingerprint density at radius 2 is 2.28 bits per heavy atom. The molecule has 0 unspecified atom stereocenters. The summed E-state index contributed by atoms with van der Waals surface area (Å²) >= 11 is 3.27. The van der Waals surface area contributed by atoms with Gasteiger partial charge in [-0.2, -0.15) is 0 Å². The van der Waals surface area contributed by atoms with E-state index in [1.807, 2.05) is 0 Å². The number of carboxylic acid groups (broad SMARTS) is 1. The van der Waals surface area contributed by atoms with Crippen LogP contribution in [0.25, 0.3) is 0 Å². The van der Waals surface area contributed by atoms with Crippen molar-refractivity contribution in [1.82, 2.24) is 4.98 Å². The third-order valence-electron chi connectivity index (χ3n) is 3.11. The number of halogens is 1. The van der Waals surface area contributed by atoms with E-state index in [1.165, 1.54) is 12.8 Å². The number of nitrogens with zero attached hydrogens (tertiary/aromatic N) is 2. The first-order valence-corrected chi connectivity index (χ1v) is 6.94. The van der Waals surface area contributed by atoms with Crippen molar-refractivity contribution in [2.45, 2.75) is 32.7 Å². The highest BCUT2D eigenvalue weighted by Crippen LogP contribution is 2.33. The van der Waals surface area contributed by atoms with Gasteiger partial charge in [0.15, 0.2) is 0 Å². The van der Waals surface area contributed by atoms with E-state index in [9.17, 15) is 9.90 Å². The Balaban J connectivity index is 2.35. The normalized spacial score (nSPS) is 14.9. The highest BCUT2D eigenvalue weighted by molar-refractivity contribution is 9.10. The monoisotopic (exact) mass is 312 g/mol. The topological polar surface area (TPSA) is 53.4 Å². The molecule has 1 saturated carbocycles. The van der Waals surface area contributed by atoms with Crippen LogP contribution in [-0.2, 0) is 0 Å². The SMILES string of the molecule is CC(C)N(CC1CC1)c1ncc(Br)cc1C(=O)O. The smallest absolute Gasteiger partial charge is 0.339 e. The molecule has 1 N–H and O–H groups in total. The van der Waals surface area contributed by atoms with Gasteiger partial charge in [-0.05, 0) is 54.6 Å². The van der Waals surface area contributed by atoms with E-state index < -0.39 is 5.97 Å². The van der Waals surface area contributed by atoms with E-state index in [2.05, 4.69) is 39.7 Å². The number of hydrogen-bond acceptors (Lipinski definition) is 3. The van der Waals surface area contributed by atoms with E-state index in [0.717, 1.165) is 6.54 Å². The van der Waals surface area contributed by atoms with Crippen LogP contribution in [0.2, 0.25) is 0 Å². The third kappa shape index (κ3) is 3.02. The number of carbonyl (C=O) groups is 1. The lowest BCUT2D eigenvalue weighted by Gasteiger charge is -2.29. The second-order valence-corrected chi connectivity index (χ2v) is 5.94. The summed E-state index contributed by atoms with van der Waals surface area (Å²) in [7, 11) is 0. The van der Waals surface area contributed by atoms with E-state index in [1.54, 1.807) is 12.3 Å². The van der Waals surface area contributed by atoms with Gasteiger partial charge < -0.3 is 10.0 Å². The van der Waals surface area contributed by atoms with Crippen molar-refractivity contribution in [2.24, 2.45) is 5.92 Å². The maximum absolute atomic E-state index is 11.3. The summed E-state index contributed by atoms with van der Waals surface area (Å²) < 4.78 is 0.693. The molecule has 1 heterocycles. The largest absolute Gasteiger partial charge is 0.478 e. The van der Waals surface area contributed by atoms with Crippen LogP contribution in [0.5, 0.6) is 0 Å². The van der Waals surface area contributed by atoms with Crippen LogP contribution in [0.15, 0.2) is 16.7 Å². The fraction of sp³-hybridized carbons (Fsp3) is 0.538. The predicted molar refractivity (Wildman–Crippen MR) is 74.1 cm³/mol. The van der Waals surface area contributed by atoms with Gasteiger partial charge in [0.05, 0.1) is 0 Å². The Hall–Kier alpha value is -1.10. The van der Waals surface area contributed by atoms with E-state index >= 15 is 0 Å². The van der Waals surface area contributed by atoms with Crippen LogP contribution in [0.3, 0.4) is 0 Å². The molecule has 0 radical (unpaired) electrons. The minimum atomic E-state index is -0.930. The van der Waals surface area contributed by atoms with Gasteiger partial charge in [0.25, 0.3) is 0 Å². The lowest BCUT2D eigenvalue weighted by atomic mass is 10.2. The number of pyridine rings is 1. The molecule has 1 aliphatic carbocycles. The summed E-state index contributed by atoms with van der Waals surface area (Å²) in [5, 5.41) is 9.28. The third-order valence-corrected chi connectivity index (χ3v) is 3.54. The predicted octanol–water partition coefficient (Wildman–Crippen LogP) is 3.17. The highest BCUT2D eigenvalue weighted by Gasteiger charge is 2.28. The summed E-state index contributed by atoms with van der Waals surface area (Å²) in [5.74, 6) is 0.340. The van der Waals surface area contributed by atoms with Crippen molar-refractivity contribution in [3.05, 3.63) is 22.3 Å². The molecule has 18 heavy (non-hydrogen) atoms. The molecule has 1 aromatic rings. The van der Waals surface area contributed by atoms with Crippen LogP contribution < -0.4 is 4.90 Å². The lowest BCUT2D eigenvalue weighted by molar-refractivity contribution is 0.0697. The molecule has 0 spiro atoms. The Bertz CT molecular complexity index is 458. The first kappa shape index (κ1) is 13.3. The summed E-state index contributed by atoms with van der Waals surface area (Å²) in [6.45, 7) is 5.03. The van der Waals surface area contributed by atoms with Crippen LogP contribution in [0.4, 0.5) is 5.82 Å². The molecule has 1 aromatic heterocycles. The van der Waals surface area contributed by atoms with Crippen molar-refractivity contribution in [3.63, 3.8) is 0 Å². The molecular weight excluding hydrogens is 296 g/mol. The first-order chi connectivity index (χ1) is 8.49. The number of rotatable bonds is 5. The average Bonchev–Trinajstić information content (AvgIpc) is 3.09. The Kier molecular flexibility index (Phi) is 3.90. The number of anilines is 1. The lowest BCUT2D eigenvalue weighted by Crippen LogP contribution is -2.34. The minimum Gasteiger partial charge on any atom is -0.478 e. The average molecular weight is 313 g/mol. The zero-order valence-electron chi connectivity index (χ0n) is 10.6. The maximum atomic E-state index is 11.3. The van der Waals surface area contributed by atoms with Crippen LogP contribution in [-0.4, -0.2) is 28.6 Å². The molecule has 0 aliphatic heterocycles.